The minimum atomic E-state index is 0.0152. The highest BCUT2D eigenvalue weighted by atomic mass is 16.5. The number of hydrogen-bond donors (Lipinski definition) is 1. The van der Waals surface area contributed by atoms with Crippen LogP contribution in [-0.2, 0) is 0 Å². The monoisotopic (exact) mass is 318 g/mol. The normalized spacial score (nSPS) is 16.1. The van der Waals surface area contributed by atoms with E-state index in [4.69, 9.17) is 4.74 Å². The van der Waals surface area contributed by atoms with E-state index >= 15 is 0 Å². The molecule has 1 aliphatic rings. The number of nitrogens with zero attached hydrogens (tertiary/aromatic N) is 3. The van der Waals surface area contributed by atoms with Crippen LogP contribution in [0, 0.1) is 6.92 Å². The first-order valence-corrected chi connectivity index (χ1v) is 7.84. The van der Waals surface area contributed by atoms with Crippen LogP contribution in [0.5, 0.6) is 5.75 Å². The number of allylic oxidation sites excluding steroid dienone is 1. The van der Waals surface area contributed by atoms with Crippen molar-refractivity contribution in [3.8, 4) is 5.75 Å². The predicted molar refractivity (Wildman–Crippen MR) is 93.9 cm³/mol. The average Bonchev–Trinajstić information content (AvgIpc) is 3.10. The molecule has 0 fully saturated rings. The van der Waals surface area contributed by atoms with E-state index in [1.54, 1.807) is 13.4 Å². The van der Waals surface area contributed by atoms with Crippen molar-refractivity contribution < 1.29 is 4.74 Å². The number of methoxy groups -OCH3 is 1. The Morgan fingerprint density at radius 1 is 1.04 bits per heavy atom. The van der Waals surface area contributed by atoms with Crippen LogP contribution in [0.4, 0.5) is 5.95 Å². The number of aryl methyl sites for hydroxylation is 1. The predicted octanol–water partition coefficient (Wildman–Crippen LogP) is 3.65. The summed E-state index contributed by atoms with van der Waals surface area (Å²) in [7, 11) is 1.67. The minimum absolute atomic E-state index is 0.0152. The number of hydrogen-bond acceptors (Lipinski definition) is 4. The van der Waals surface area contributed by atoms with Gasteiger partial charge in [-0.2, -0.15) is 10.1 Å². The van der Waals surface area contributed by atoms with E-state index in [1.165, 1.54) is 11.1 Å². The van der Waals surface area contributed by atoms with Crippen molar-refractivity contribution in [2.75, 3.05) is 12.4 Å². The van der Waals surface area contributed by atoms with E-state index in [0.717, 1.165) is 23.0 Å². The Hall–Kier alpha value is -3.08. The van der Waals surface area contributed by atoms with Crippen molar-refractivity contribution in [3.05, 3.63) is 77.6 Å². The zero-order valence-electron chi connectivity index (χ0n) is 13.6. The number of benzene rings is 2. The van der Waals surface area contributed by atoms with Crippen LogP contribution >= 0.6 is 0 Å². The third kappa shape index (κ3) is 2.54. The first-order chi connectivity index (χ1) is 11.7. The van der Waals surface area contributed by atoms with Gasteiger partial charge in [0.1, 0.15) is 18.1 Å². The maximum atomic E-state index is 5.24. The standard InChI is InChI=1S/C19H18N4O/c1-13-3-5-15(6-4-13)18-11-17(22-19-20-12-21-23(18)19)14-7-9-16(24-2)10-8-14/h3-12,18H,1-2H3,(H,20,21,22)/t18-/m0/s1. The number of nitrogens with one attached hydrogen (secondary N) is 1. The van der Waals surface area contributed by atoms with Crippen molar-refractivity contribution in [3.63, 3.8) is 0 Å². The lowest BCUT2D eigenvalue weighted by Crippen LogP contribution is -2.20. The first-order valence-electron chi connectivity index (χ1n) is 7.84. The highest BCUT2D eigenvalue weighted by Crippen LogP contribution is 2.32. The van der Waals surface area contributed by atoms with Gasteiger partial charge in [-0.25, -0.2) is 4.68 Å². The molecule has 3 aromatic rings. The van der Waals surface area contributed by atoms with Crippen LogP contribution in [0.1, 0.15) is 22.7 Å². The number of rotatable bonds is 3. The molecule has 5 heteroatoms. The highest BCUT2D eigenvalue weighted by Gasteiger charge is 2.23. The van der Waals surface area contributed by atoms with Gasteiger partial charge in [-0.3, -0.25) is 0 Å². The Kier molecular flexibility index (Phi) is 3.54. The van der Waals surface area contributed by atoms with Crippen molar-refractivity contribution in [2.24, 2.45) is 0 Å². The van der Waals surface area contributed by atoms with E-state index in [2.05, 4.69) is 52.7 Å². The number of anilines is 1. The van der Waals surface area contributed by atoms with Crippen molar-refractivity contribution in [1.82, 2.24) is 14.8 Å². The number of fused-ring (bicyclic) bond motifs is 1. The fourth-order valence-corrected chi connectivity index (χ4v) is 2.87. The van der Waals surface area contributed by atoms with Gasteiger partial charge < -0.3 is 10.1 Å². The Bertz CT molecular complexity index is 878. The summed E-state index contributed by atoms with van der Waals surface area (Å²) < 4.78 is 7.14. The molecule has 0 spiro atoms. The largest absolute Gasteiger partial charge is 0.497 e. The molecule has 0 unspecified atom stereocenters. The summed E-state index contributed by atoms with van der Waals surface area (Å²) in [5.41, 5.74) is 4.52. The molecule has 2 aromatic carbocycles. The summed E-state index contributed by atoms with van der Waals surface area (Å²) in [6.07, 6.45) is 3.75. The maximum Gasteiger partial charge on any atom is 0.226 e. The molecule has 120 valence electrons. The average molecular weight is 318 g/mol. The Morgan fingerprint density at radius 3 is 2.50 bits per heavy atom. The van der Waals surface area contributed by atoms with Crippen molar-refractivity contribution in [1.29, 1.82) is 0 Å². The van der Waals surface area contributed by atoms with E-state index < -0.39 is 0 Å². The molecular formula is C19H18N4O. The molecule has 2 heterocycles. The smallest absolute Gasteiger partial charge is 0.226 e. The lowest BCUT2D eigenvalue weighted by molar-refractivity contribution is 0.415. The van der Waals surface area contributed by atoms with Gasteiger partial charge in [-0.05, 0) is 48.4 Å². The van der Waals surface area contributed by atoms with Crippen LogP contribution in [0.2, 0.25) is 0 Å². The molecule has 0 saturated carbocycles. The van der Waals surface area contributed by atoms with Gasteiger partial charge in [-0.1, -0.05) is 29.8 Å². The van der Waals surface area contributed by atoms with E-state index in [1.807, 2.05) is 28.9 Å². The topological polar surface area (TPSA) is 52.0 Å². The van der Waals surface area contributed by atoms with Crippen LogP contribution in [-0.4, -0.2) is 21.9 Å². The molecular weight excluding hydrogens is 300 g/mol. The molecule has 24 heavy (non-hydrogen) atoms. The molecule has 1 N–H and O–H groups in total. The minimum Gasteiger partial charge on any atom is -0.497 e. The van der Waals surface area contributed by atoms with Gasteiger partial charge in [0.05, 0.1) is 7.11 Å². The summed E-state index contributed by atoms with van der Waals surface area (Å²) in [5, 5.41) is 7.72. The molecule has 0 aliphatic carbocycles. The van der Waals surface area contributed by atoms with E-state index in [9.17, 15) is 0 Å². The molecule has 0 radical (unpaired) electrons. The van der Waals surface area contributed by atoms with E-state index in [0.29, 0.717) is 0 Å². The fourth-order valence-electron chi connectivity index (χ4n) is 2.87. The Morgan fingerprint density at radius 2 is 1.79 bits per heavy atom. The van der Waals surface area contributed by atoms with Gasteiger partial charge in [0, 0.05) is 5.70 Å². The van der Waals surface area contributed by atoms with E-state index in [-0.39, 0.29) is 6.04 Å². The quantitative estimate of drug-likeness (QED) is 0.801. The summed E-state index contributed by atoms with van der Waals surface area (Å²) >= 11 is 0. The molecule has 1 aromatic heterocycles. The first kappa shape index (κ1) is 14.5. The second-order valence-corrected chi connectivity index (χ2v) is 5.82. The van der Waals surface area contributed by atoms with Gasteiger partial charge in [-0.15, -0.1) is 0 Å². The summed E-state index contributed by atoms with van der Waals surface area (Å²) in [6.45, 7) is 2.09. The zero-order chi connectivity index (χ0) is 16.5. The molecule has 0 saturated heterocycles. The molecule has 0 amide bonds. The highest BCUT2D eigenvalue weighted by molar-refractivity contribution is 5.77. The summed E-state index contributed by atoms with van der Waals surface area (Å²) in [5.74, 6) is 1.59. The van der Waals surface area contributed by atoms with Gasteiger partial charge in [0.2, 0.25) is 5.95 Å². The zero-order valence-corrected chi connectivity index (χ0v) is 13.6. The third-order valence-electron chi connectivity index (χ3n) is 4.23. The lowest BCUT2D eigenvalue weighted by Gasteiger charge is -2.24. The maximum absolute atomic E-state index is 5.24. The molecule has 5 nitrogen and oxygen atoms in total. The van der Waals surface area contributed by atoms with Gasteiger partial charge >= 0.3 is 0 Å². The lowest BCUT2D eigenvalue weighted by atomic mass is 10.0. The molecule has 1 atom stereocenters. The van der Waals surface area contributed by atoms with Crippen molar-refractivity contribution >= 4 is 11.6 Å². The third-order valence-corrected chi connectivity index (χ3v) is 4.23. The molecule has 1 aliphatic heterocycles. The SMILES string of the molecule is COc1ccc(C2=C[C@@H](c3ccc(C)cc3)n3ncnc3N2)cc1. The Labute approximate surface area is 140 Å². The fraction of sp³-hybridized carbons (Fsp3) is 0.158. The summed E-state index contributed by atoms with van der Waals surface area (Å²) in [4.78, 5) is 4.33. The Balaban J connectivity index is 1.76. The van der Waals surface area contributed by atoms with Gasteiger partial charge in [0.15, 0.2) is 0 Å². The second kappa shape index (κ2) is 5.85. The number of aromatic nitrogens is 3. The summed E-state index contributed by atoms with van der Waals surface area (Å²) in [6, 6.07) is 16.5. The second-order valence-electron chi connectivity index (χ2n) is 5.82. The van der Waals surface area contributed by atoms with Crippen LogP contribution in [0.3, 0.4) is 0 Å². The molecule has 0 bridgehead atoms. The van der Waals surface area contributed by atoms with Crippen LogP contribution in [0.25, 0.3) is 5.70 Å². The van der Waals surface area contributed by atoms with Crippen LogP contribution in [0.15, 0.2) is 60.9 Å². The van der Waals surface area contributed by atoms with Crippen LogP contribution < -0.4 is 10.1 Å². The van der Waals surface area contributed by atoms with Crippen molar-refractivity contribution in [2.45, 2.75) is 13.0 Å². The van der Waals surface area contributed by atoms with Gasteiger partial charge in [0.25, 0.3) is 0 Å². The number of ether oxygens (including phenoxy) is 1. The molecule has 4 rings (SSSR count).